The van der Waals surface area contributed by atoms with Crippen LogP contribution in [-0.2, 0) is 0 Å². The number of hydrogen-bond donors (Lipinski definition) is 0. The summed E-state index contributed by atoms with van der Waals surface area (Å²) >= 11 is 2.13. The first-order valence-corrected chi connectivity index (χ1v) is 5.77. The molecule has 0 amide bonds. The number of nitrogens with zero attached hydrogens (tertiary/aromatic N) is 1. The van der Waals surface area contributed by atoms with Crippen LogP contribution >= 0.6 is 22.6 Å². The Hall–Kier alpha value is -0.910. The molecule has 1 aromatic carbocycles. The van der Waals surface area contributed by atoms with Gasteiger partial charge in [-0.25, -0.2) is 9.37 Å². The van der Waals surface area contributed by atoms with Crippen LogP contribution in [0.15, 0.2) is 30.5 Å². The number of pyridine rings is 1. The number of fused-ring (bicyclic) bond motifs is 1. The lowest BCUT2D eigenvalue weighted by atomic mass is 10.1. The van der Waals surface area contributed by atoms with Crippen LogP contribution in [-0.4, -0.2) is 9.09 Å². The van der Waals surface area contributed by atoms with Crippen molar-refractivity contribution in [3.05, 3.63) is 36.3 Å². The van der Waals surface area contributed by atoms with E-state index in [4.69, 9.17) is 4.74 Å². The topological polar surface area (TPSA) is 22.1 Å². The van der Waals surface area contributed by atoms with E-state index < -0.39 is 0 Å². The maximum atomic E-state index is 13.4. The van der Waals surface area contributed by atoms with Crippen molar-refractivity contribution in [3.63, 3.8) is 0 Å². The molecule has 15 heavy (non-hydrogen) atoms. The second kappa shape index (κ2) is 4.30. The molecule has 0 spiro atoms. The van der Waals surface area contributed by atoms with E-state index in [-0.39, 0.29) is 9.93 Å². The van der Waals surface area contributed by atoms with Gasteiger partial charge in [0.25, 0.3) is 0 Å². The van der Waals surface area contributed by atoms with Crippen LogP contribution in [0.25, 0.3) is 10.8 Å². The maximum absolute atomic E-state index is 13.4. The van der Waals surface area contributed by atoms with Crippen molar-refractivity contribution in [2.75, 3.05) is 0 Å². The van der Waals surface area contributed by atoms with E-state index in [0.29, 0.717) is 16.7 Å². The summed E-state index contributed by atoms with van der Waals surface area (Å²) in [5.74, 6) is 0.231. The Morgan fingerprint density at radius 2 is 2.13 bits per heavy atom. The molecular formula is C11H9FINO. The fraction of sp³-hybridized carbons (Fsp3) is 0.182. The van der Waals surface area contributed by atoms with E-state index in [1.165, 1.54) is 6.07 Å². The van der Waals surface area contributed by atoms with E-state index in [1.54, 1.807) is 24.4 Å². The monoisotopic (exact) mass is 317 g/mol. The molecule has 0 saturated carbocycles. The lowest BCUT2D eigenvalue weighted by Crippen LogP contribution is -2.03. The van der Waals surface area contributed by atoms with Gasteiger partial charge in [-0.05, 0) is 47.7 Å². The van der Waals surface area contributed by atoms with Gasteiger partial charge < -0.3 is 4.74 Å². The number of aromatic nitrogens is 1. The van der Waals surface area contributed by atoms with Gasteiger partial charge in [0, 0.05) is 17.0 Å². The Balaban J connectivity index is 2.61. The van der Waals surface area contributed by atoms with Gasteiger partial charge in [0.1, 0.15) is 9.93 Å². The van der Waals surface area contributed by atoms with Gasteiger partial charge in [-0.1, -0.05) is 6.07 Å². The van der Waals surface area contributed by atoms with E-state index in [2.05, 4.69) is 27.6 Å². The second-order valence-electron chi connectivity index (χ2n) is 3.11. The molecule has 78 valence electrons. The quantitative estimate of drug-likeness (QED) is 0.624. The first-order valence-electron chi connectivity index (χ1n) is 4.52. The molecule has 1 atom stereocenters. The summed E-state index contributed by atoms with van der Waals surface area (Å²) < 4.78 is 18.9. The molecule has 4 heteroatoms. The molecule has 2 nitrogen and oxygen atoms in total. The van der Waals surface area contributed by atoms with Crippen LogP contribution in [0.4, 0.5) is 4.39 Å². The number of halogens is 2. The zero-order chi connectivity index (χ0) is 10.8. The van der Waals surface area contributed by atoms with Crippen LogP contribution < -0.4 is 4.74 Å². The smallest absolute Gasteiger partial charge is 0.222 e. The lowest BCUT2D eigenvalue weighted by Gasteiger charge is -2.09. The highest BCUT2D eigenvalue weighted by molar-refractivity contribution is 14.1. The summed E-state index contributed by atoms with van der Waals surface area (Å²) in [7, 11) is 0. The molecule has 0 aliphatic heterocycles. The minimum atomic E-state index is -0.249. The highest BCUT2D eigenvalue weighted by Gasteiger charge is 2.08. The molecule has 0 bridgehead atoms. The van der Waals surface area contributed by atoms with Crippen molar-refractivity contribution in [1.82, 2.24) is 4.98 Å². The van der Waals surface area contributed by atoms with E-state index in [1.807, 2.05) is 6.92 Å². The van der Waals surface area contributed by atoms with Gasteiger partial charge in [-0.2, -0.15) is 0 Å². The number of benzene rings is 1. The van der Waals surface area contributed by atoms with Crippen LogP contribution in [0.1, 0.15) is 6.92 Å². The number of ether oxygens (including phenoxy) is 1. The summed E-state index contributed by atoms with van der Waals surface area (Å²) in [6.45, 7) is 1.90. The highest BCUT2D eigenvalue weighted by Crippen LogP contribution is 2.26. The molecule has 0 unspecified atom stereocenters. The zero-order valence-electron chi connectivity index (χ0n) is 8.08. The van der Waals surface area contributed by atoms with Crippen LogP contribution in [0, 0.1) is 5.82 Å². The summed E-state index contributed by atoms with van der Waals surface area (Å²) in [4.78, 5) is 4.09. The standard InChI is InChI=1S/C11H9FINO/c1-7(13)15-11-9-3-2-4-10(12)8(9)5-6-14-11/h2-7H,1H3/t7-/m1/s1. The fourth-order valence-corrected chi connectivity index (χ4v) is 1.63. The third-order valence-electron chi connectivity index (χ3n) is 1.99. The van der Waals surface area contributed by atoms with Gasteiger partial charge in [0.2, 0.25) is 5.88 Å². The van der Waals surface area contributed by atoms with Gasteiger partial charge >= 0.3 is 0 Å². The fourth-order valence-electron chi connectivity index (χ4n) is 1.39. The molecule has 0 fully saturated rings. The third kappa shape index (κ3) is 2.19. The van der Waals surface area contributed by atoms with E-state index in [0.717, 1.165) is 0 Å². The minimum absolute atomic E-state index is 0.00367. The Bertz CT molecular complexity index is 487. The van der Waals surface area contributed by atoms with Gasteiger partial charge in [-0.15, -0.1) is 0 Å². The average molecular weight is 317 g/mol. The molecule has 0 N–H and O–H groups in total. The number of rotatable bonds is 2. The Labute approximate surface area is 101 Å². The first kappa shape index (κ1) is 10.6. The number of hydrogen-bond acceptors (Lipinski definition) is 2. The van der Waals surface area contributed by atoms with Crippen LogP contribution in [0.2, 0.25) is 0 Å². The molecule has 0 aliphatic carbocycles. The SMILES string of the molecule is C[C@H](I)Oc1nccc2c(F)cccc12. The predicted molar refractivity (Wildman–Crippen MR) is 65.8 cm³/mol. The summed E-state index contributed by atoms with van der Waals surface area (Å²) in [5.41, 5.74) is 0. The molecule has 0 radical (unpaired) electrons. The Morgan fingerprint density at radius 3 is 2.87 bits per heavy atom. The molecule has 0 aliphatic rings. The summed E-state index contributed by atoms with van der Waals surface area (Å²) in [6, 6.07) is 6.54. The normalized spacial score (nSPS) is 12.7. The third-order valence-corrected chi connectivity index (χ3v) is 2.24. The molecule has 2 aromatic rings. The van der Waals surface area contributed by atoms with Crippen molar-refractivity contribution in [3.8, 4) is 5.88 Å². The van der Waals surface area contributed by atoms with Crippen LogP contribution in [0.5, 0.6) is 5.88 Å². The molecule has 2 rings (SSSR count). The van der Waals surface area contributed by atoms with Crippen molar-refractivity contribution in [2.24, 2.45) is 0 Å². The molecule has 1 heterocycles. The summed E-state index contributed by atoms with van der Waals surface area (Å²) in [6.07, 6.45) is 1.56. The van der Waals surface area contributed by atoms with Crippen molar-refractivity contribution >= 4 is 33.4 Å². The lowest BCUT2D eigenvalue weighted by molar-refractivity contribution is 0.314. The average Bonchev–Trinajstić information content (AvgIpc) is 2.19. The van der Waals surface area contributed by atoms with Crippen molar-refractivity contribution in [1.29, 1.82) is 0 Å². The van der Waals surface area contributed by atoms with Crippen LogP contribution in [0.3, 0.4) is 0 Å². The van der Waals surface area contributed by atoms with E-state index in [9.17, 15) is 4.39 Å². The molecule has 0 saturated heterocycles. The van der Waals surface area contributed by atoms with Gasteiger partial charge in [0.15, 0.2) is 0 Å². The Kier molecular flexibility index (Phi) is 3.04. The highest BCUT2D eigenvalue weighted by atomic mass is 127. The molecular weight excluding hydrogens is 308 g/mol. The molecule has 1 aromatic heterocycles. The second-order valence-corrected chi connectivity index (χ2v) is 4.87. The summed E-state index contributed by atoms with van der Waals surface area (Å²) in [5, 5.41) is 1.25. The zero-order valence-corrected chi connectivity index (χ0v) is 10.2. The van der Waals surface area contributed by atoms with E-state index >= 15 is 0 Å². The first-order chi connectivity index (χ1) is 7.18. The maximum Gasteiger partial charge on any atom is 0.222 e. The predicted octanol–water partition coefficient (Wildman–Crippen LogP) is 3.53. The van der Waals surface area contributed by atoms with Crippen molar-refractivity contribution < 1.29 is 9.13 Å². The van der Waals surface area contributed by atoms with Crippen molar-refractivity contribution in [2.45, 2.75) is 11.0 Å². The minimum Gasteiger partial charge on any atom is -0.464 e. The van der Waals surface area contributed by atoms with Gasteiger partial charge in [-0.3, -0.25) is 0 Å². The number of alkyl halides is 1. The van der Waals surface area contributed by atoms with Gasteiger partial charge in [0.05, 0.1) is 0 Å². The largest absolute Gasteiger partial charge is 0.464 e. The Morgan fingerprint density at radius 1 is 1.33 bits per heavy atom.